The Labute approximate surface area is 92.8 Å². The molecule has 0 radical (unpaired) electrons. The van der Waals surface area contributed by atoms with E-state index in [9.17, 15) is 4.79 Å². The Morgan fingerprint density at radius 3 is 2.33 bits per heavy atom. The molecule has 0 spiro atoms. The number of amides is 1. The Hall–Kier alpha value is -0.610. The number of rotatable bonds is 9. The standard InChI is InChI=1S/C11H24N2O2/c1-10(2)12-6-4-8-15-9-5-7-13-11(3)14/h10,12H,4-9H2,1-3H3,(H,13,14). The molecule has 0 fully saturated rings. The molecule has 0 aromatic carbocycles. The summed E-state index contributed by atoms with van der Waals surface area (Å²) in [5.41, 5.74) is 0. The van der Waals surface area contributed by atoms with Crippen molar-refractivity contribution in [2.24, 2.45) is 0 Å². The molecule has 0 aliphatic heterocycles. The second-order valence-electron chi connectivity index (χ2n) is 3.91. The highest BCUT2D eigenvalue weighted by Gasteiger charge is 1.93. The maximum atomic E-state index is 10.5. The van der Waals surface area contributed by atoms with E-state index in [1.165, 1.54) is 6.92 Å². The second kappa shape index (κ2) is 9.93. The van der Waals surface area contributed by atoms with Gasteiger partial charge in [-0.25, -0.2) is 0 Å². The zero-order chi connectivity index (χ0) is 11.5. The van der Waals surface area contributed by atoms with Crippen molar-refractivity contribution in [1.29, 1.82) is 0 Å². The molecule has 2 N–H and O–H groups in total. The van der Waals surface area contributed by atoms with Crippen molar-refractivity contribution in [3.05, 3.63) is 0 Å². The van der Waals surface area contributed by atoms with Gasteiger partial charge >= 0.3 is 0 Å². The molecule has 0 aliphatic carbocycles. The van der Waals surface area contributed by atoms with Crippen LogP contribution in [0.15, 0.2) is 0 Å². The molecule has 15 heavy (non-hydrogen) atoms. The lowest BCUT2D eigenvalue weighted by Gasteiger charge is -2.08. The van der Waals surface area contributed by atoms with Crippen molar-refractivity contribution < 1.29 is 9.53 Å². The molecule has 0 unspecified atom stereocenters. The summed E-state index contributed by atoms with van der Waals surface area (Å²) in [7, 11) is 0. The largest absolute Gasteiger partial charge is 0.381 e. The molecule has 0 heterocycles. The van der Waals surface area contributed by atoms with Crippen LogP contribution in [0.25, 0.3) is 0 Å². The molecule has 90 valence electrons. The maximum absolute atomic E-state index is 10.5. The van der Waals surface area contributed by atoms with Gasteiger partial charge in [-0.1, -0.05) is 13.8 Å². The smallest absolute Gasteiger partial charge is 0.216 e. The van der Waals surface area contributed by atoms with Gasteiger partial charge < -0.3 is 15.4 Å². The molecule has 0 atom stereocenters. The maximum Gasteiger partial charge on any atom is 0.216 e. The zero-order valence-corrected chi connectivity index (χ0v) is 10.1. The third-order valence-corrected chi connectivity index (χ3v) is 1.86. The summed E-state index contributed by atoms with van der Waals surface area (Å²) in [5.74, 6) is 0.0242. The third kappa shape index (κ3) is 13.4. The SMILES string of the molecule is CC(=O)NCCCOCCCNC(C)C. The first kappa shape index (κ1) is 14.4. The summed E-state index contributed by atoms with van der Waals surface area (Å²) in [4.78, 5) is 10.5. The summed E-state index contributed by atoms with van der Waals surface area (Å²) < 4.78 is 5.41. The molecule has 1 amide bonds. The molecule has 0 bridgehead atoms. The average molecular weight is 216 g/mol. The van der Waals surface area contributed by atoms with Crippen molar-refractivity contribution in [2.75, 3.05) is 26.3 Å². The lowest BCUT2D eigenvalue weighted by Crippen LogP contribution is -2.25. The highest BCUT2D eigenvalue weighted by atomic mass is 16.5. The first-order valence-corrected chi connectivity index (χ1v) is 5.68. The molecule has 0 aromatic heterocycles. The molecule has 0 saturated heterocycles. The zero-order valence-electron chi connectivity index (χ0n) is 10.1. The molecular weight excluding hydrogens is 192 g/mol. The van der Waals surface area contributed by atoms with E-state index >= 15 is 0 Å². The van der Waals surface area contributed by atoms with Crippen LogP contribution >= 0.6 is 0 Å². The molecule has 4 nitrogen and oxygen atoms in total. The van der Waals surface area contributed by atoms with Gasteiger partial charge in [0.05, 0.1) is 0 Å². The molecule has 0 saturated carbocycles. The monoisotopic (exact) mass is 216 g/mol. The van der Waals surface area contributed by atoms with E-state index in [4.69, 9.17) is 4.74 Å². The van der Waals surface area contributed by atoms with E-state index in [1.807, 2.05) is 0 Å². The van der Waals surface area contributed by atoms with Gasteiger partial charge in [-0.05, 0) is 19.4 Å². The van der Waals surface area contributed by atoms with Gasteiger partial charge in [0.25, 0.3) is 0 Å². The average Bonchev–Trinajstić information content (AvgIpc) is 2.14. The summed E-state index contributed by atoms with van der Waals surface area (Å²) >= 11 is 0. The molecule has 4 heteroatoms. The topological polar surface area (TPSA) is 50.4 Å². The quantitative estimate of drug-likeness (QED) is 0.563. The highest BCUT2D eigenvalue weighted by molar-refractivity contribution is 5.72. The van der Waals surface area contributed by atoms with Crippen LogP contribution < -0.4 is 10.6 Å². The Balaban J connectivity index is 2.96. The van der Waals surface area contributed by atoms with Crippen LogP contribution in [0.3, 0.4) is 0 Å². The fraction of sp³-hybridized carbons (Fsp3) is 0.909. The van der Waals surface area contributed by atoms with Crippen LogP contribution in [0, 0.1) is 0 Å². The van der Waals surface area contributed by atoms with Crippen LogP contribution in [0.1, 0.15) is 33.6 Å². The van der Waals surface area contributed by atoms with Crippen LogP contribution in [0.4, 0.5) is 0 Å². The van der Waals surface area contributed by atoms with Gasteiger partial charge in [-0.15, -0.1) is 0 Å². The first-order chi connectivity index (χ1) is 7.13. The van der Waals surface area contributed by atoms with Crippen molar-refractivity contribution in [3.8, 4) is 0 Å². The summed E-state index contributed by atoms with van der Waals surface area (Å²) in [6, 6.07) is 0.546. The number of hydrogen-bond donors (Lipinski definition) is 2. The number of hydrogen-bond acceptors (Lipinski definition) is 3. The van der Waals surface area contributed by atoms with Crippen LogP contribution in [-0.2, 0) is 9.53 Å². The van der Waals surface area contributed by atoms with Gasteiger partial charge in [0.1, 0.15) is 0 Å². The van der Waals surface area contributed by atoms with Gasteiger partial charge in [0.15, 0.2) is 0 Å². The van der Waals surface area contributed by atoms with E-state index in [2.05, 4.69) is 24.5 Å². The van der Waals surface area contributed by atoms with E-state index in [0.717, 1.165) is 32.6 Å². The molecule has 0 rings (SSSR count). The van der Waals surface area contributed by atoms with Gasteiger partial charge in [-0.2, -0.15) is 0 Å². The van der Waals surface area contributed by atoms with Crippen LogP contribution in [-0.4, -0.2) is 38.3 Å². The molecular formula is C11H24N2O2. The van der Waals surface area contributed by atoms with Crippen molar-refractivity contribution >= 4 is 5.91 Å². The number of carbonyl (C=O) groups excluding carboxylic acids is 1. The Bertz CT molecular complexity index is 161. The van der Waals surface area contributed by atoms with Gasteiger partial charge in [0, 0.05) is 32.7 Å². The number of nitrogens with one attached hydrogen (secondary N) is 2. The number of ether oxygens (including phenoxy) is 1. The Kier molecular flexibility index (Phi) is 9.52. The normalized spacial score (nSPS) is 10.7. The van der Waals surface area contributed by atoms with Crippen LogP contribution in [0.2, 0.25) is 0 Å². The van der Waals surface area contributed by atoms with E-state index < -0.39 is 0 Å². The fourth-order valence-corrected chi connectivity index (χ4v) is 1.11. The lowest BCUT2D eigenvalue weighted by molar-refractivity contribution is -0.119. The summed E-state index contributed by atoms with van der Waals surface area (Å²) in [6.45, 7) is 9.02. The molecule has 0 aliphatic rings. The summed E-state index contributed by atoms with van der Waals surface area (Å²) in [5, 5.41) is 6.06. The molecule has 0 aromatic rings. The van der Waals surface area contributed by atoms with Gasteiger partial charge in [-0.3, -0.25) is 4.79 Å². The van der Waals surface area contributed by atoms with E-state index in [0.29, 0.717) is 12.6 Å². The first-order valence-electron chi connectivity index (χ1n) is 5.68. The lowest BCUT2D eigenvalue weighted by atomic mass is 10.3. The van der Waals surface area contributed by atoms with E-state index in [1.54, 1.807) is 0 Å². The van der Waals surface area contributed by atoms with Gasteiger partial charge in [0.2, 0.25) is 5.91 Å². The summed E-state index contributed by atoms with van der Waals surface area (Å²) in [6.07, 6.45) is 1.93. The Morgan fingerprint density at radius 2 is 1.80 bits per heavy atom. The van der Waals surface area contributed by atoms with Crippen molar-refractivity contribution in [3.63, 3.8) is 0 Å². The third-order valence-electron chi connectivity index (χ3n) is 1.86. The van der Waals surface area contributed by atoms with Crippen LogP contribution in [0.5, 0.6) is 0 Å². The minimum Gasteiger partial charge on any atom is -0.381 e. The second-order valence-corrected chi connectivity index (χ2v) is 3.91. The minimum atomic E-state index is 0.0242. The van der Waals surface area contributed by atoms with E-state index in [-0.39, 0.29) is 5.91 Å². The minimum absolute atomic E-state index is 0.0242. The highest BCUT2D eigenvalue weighted by Crippen LogP contribution is 1.86. The predicted octanol–water partition coefficient (Wildman–Crippen LogP) is 0.917. The predicted molar refractivity (Wildman–Crippen MR) is 61.9 cm³/mol. The van der Waals surface area contributed by atoms with Crippen molar-refractivity contribution in [2.45, 2.75) is 39.7 Å². The fourth-order valence-electron chi connectivity index (χ4n) is 1.11. The van der Waals surface area contributed by atoms with Crippen molar-refractivity contribution in [1.82, 2.24) is 10.6 Å². The number of carbonyl (C=O) groups is 1. The Morgan fingerprint density at radius 1 is 1.20 bits per heavy atom.